The maximum Gasteiger partial charge on any atom is 0.409 e. The fraction of sp³-hybridized carbons (Fsp3) is 0.426. The Bertz CT molecular complexity index is 2720. The summed E-state index contributed by atoms with van der Waals surface area (Å²) in [4.78, 5) is 32.8. The van der Waals surface area contributed by atoms with Crippen molar-refractivity contribution in [2.75, 3.05) is 66.2 Å². The molecule has 2 N–H and O–H groups in total. The molecule has 3 fully saturated rings. The van der Waals surface area contributed by atoms with Crippen LogP contribution in [0.2, 0.25) is 0 Å². The molecule has 1 amide bonds. The van der Waals surface area contributed by atoms with Gasteiger partial charge in [-0.25, -0.2) is 4.79 Å². The third kappa shape index (κ3) is 8.40. The van der Waals surface area contributed by atoms with E-state index in [1.54, 1.807) is 32.9 Å². The Labute approximate surface area is 412 Å². The van der Waals surface area contributed by atoms with Gasteiger partial charge >= 0.3 is 6.09 Å². The Hall–Kier alpha value is -5.90. The Morgan fingerprint density at radius 3 is 2.40 bits per heavy atom. The number of nitrogens with one attached hydrogen (secondary N) is 1. The molecule has 3 unspecified atom stereocenters. The first-order chi connectivity index (χ1) is 34.1. The number of alkyl carbamates (subject to hydrolysis) is 1. The Morgan fingerprint density at radius 2 is 1.69 bits per heavy atom. The number of likely N-dealkylation sites (N-methyl/N-ethyl adjacent to an activating group) is 1. The second kappa shape index (κ2) is 20.1. The van der Waals surface area contributed by atoms with Gasteiger partial charge in [-0.2, -0.15) is 17.0 Å². The molecule has 2 bridgehead atoms. The quantitative estimate of drug-likeness (QED) is 0.0826. The van der Waals surface area contributed by atoms with Crippen LogP contribution in [0.4, 0.5) is 4.79 Å². The van der Waals surface area contributed by atoms with E-state index in [0.717, 1.165) is 22.3 Å². The number of aliphatic hydroxyl groups is 1. The minimum atomic E-state index is -2.08. The summed E-state index contributed by atoms with van der Waals surface area (Å²) in [6.45, 7) is 3.96. The highest BCUT2D eigenvalue weighted by Gasteiger charge is 2.64. The highest BCUT2D eigenvalue weighted by Crippen LogP contribution is 2.57. The topological polar surface area (TPSA) is 171 Å². The SMILES string of the molecule is COCCOCOc1c(OC)c(C)cc2c1[C@H]1C3CC4(O)C(=O)C(C)=C5OCOC5=C4[C@H](COC(CSCC4c5ccccc5-c5ccccc54)NC(=O)OCc4ccccc4)N3[C@@H](C#N)[C@@H](C2)N1C. The summed E-state index contributed by atoms with van der Waals surface area (Å²) >= 11 is 1.64. The number of carbonyl (C=O) groups excluding carboxylic acids is 2. The van der Waals surface area contributed by atoms with Crippen LogP contribution in [0.3, 0.4) is 0 Å². The van der Waals surface area contributed by atoms with Gasteiger partial charge in [-0.05, 0) is 66.3 Å². The second-order valence-corrected chi connectivity index (χ2v) is 19.6. The van der Waals surface area contributed by atoms with Gasteiger partial charge in [-0.1, -0.05) is 84.9 Å². The molecule has 4 aromatic carbocycles. The van der Waals surface area contributed by atoms with Crippen molar-refractivity contribution in [3.63, 3.8) is 0 Å². The second-order valence-electron chi connectivity index (χ2n) is 18.6. The molecule has 0 aromatic heterocycles. The van der Waals surface area contributed by atoms with E-state index < -0.39 is 47.9 Å². The number of hydrogen-bond donors (Lipinski definition) is 2. The van der Waals surface area contributed by atoms with Crippen LogP contribution >= 0.6 is 11.8 Å². The normalized spacial score (nSPS) is 24.8. The van der Waals surface area contributed by atoms with E-state index in [2.05, 4.69) is 75.8 Å². The standard InChI is InChI=1S/C54H58N4O11S/c1-31-21-34-22-40-42(24-55)58-41(47(57(40)3)45(34)50(48(31)63-5)67-29-64-20-19-62-4)23-54(61)46(51-49(68-30-69-51)32(2)52(54)59)43(58)26-65-44(56-53(60)66-25-33-13-7-6-8-14-33)28-70-27-39-37-17-11-9-15-35(37)36-16-10-12-18-38(36)39/h6-18,21,39-44,47,61H,19-20,22-23,25-30H2,1-5H3,(H,56,60)/t40-,41?,42+,43+,44?,47-,54?/m1/s1. The minimum absolute atomic E-state index is 0.0500. The van der Waals surface area contributed by atoms with Crippen molar-refractivity contribution in [1.29, 1.82) is 5.26 Å². The van der Waals surface area contributed by atoms with E-state index in [1.807, 2.05) is 44.3 Å². The Balaban J connectivity index is 1.01. The summed E-state index contributed by atoms with van der Waals surface area (Å²) < 4.78 is 48.2. The number of aryl methyl sites for hydroxylation is 1. The average Bonchev–Trinajstić information content (AvgIpc) is 3.98. The molecule has 0 saturated carbocycles. The van der Waals surface area contributed by atoms with E-state index in [9.17, 15) is 20.0 Å². The van der Waals surface area contributed by atoms with Crippen LogP contribution in [0.1, 0.15) is 58.7 Å². The molecule has 15 nitrogen and oxygen atoms in total. The largest absolute Gasteiger partial charge is 0.493 e. The number of amides is 1. The highest BCUT2D eigenvalue weighted by atomic mass is 32.2. The van der Waals surface area contributed by atoms with Crippen molar-refractivity contribution in [1.82, 2.24) is 15.1 Å². The Morgan fingerprint density at radius 1 is 0.971 bits per heavy atom. The van der Waals surface area contributed by atoms with Crippen LogP contribution in [0.5, 0.6) is 11.5 Å². The summed E-state index contributed by atoms with van der Waals surface area (Å²) in [5, 5.41) is 27.5. The fourth-order valence-corrected chi connectivity index (χ4v) is 12.8. The lowest BCUT2D eigenvalue weighted by atomic mass is 9.65. The first-order valence-electron chi connectivity index (χ1n) is 23.7. The zero-order valence-corrected chi connectivity index (χ0v) is 40.8. The number of benzene rings is 4. The molecule has 4 heterocycles. The number of ether oxygens (including phenoxy) is 8. The molecule has 366 valence electrons. The van der Waals surface area contributed by atoms with E-state index in [4.69, 9.17) is 37.9 Å². The zero-order chi connectivity index (χ0) is 48.7. The first kappa shape index (κ1) is 47.8. The number of methoxy groups -OCH3 is 2. The van der Waals surface area contributed by atoms with Crippen molar-refractivity contribution in [2.45, 2.75) is 81.3 Å². The maximum absolute atomic E-state index is 14.8. The van der Waals surface area contributed by atoms with Crippen molar-refractivity contribution >= 4 is 23.6 Å². The third-order valence-electron chi connectivity index (χ3n) is 14.7. The zero-order valence-electron chi connectivity index (χ0n) is 40.0. The van der Waals surface area contributed by atoms with Crippen LogP contribution in [0.15, 0.2) is 108 Å². The molecule has 0 radical (unpaired) electrons. The fourth-order valence-electron chi connectivity index (χ4n) is 11.7. The van der Waals surface area contributed by atoms with Gasteiger partial charge in [-0.15, -0.1) is 0 Å². The Kier molecular flexibility index (Phi) is 13.7. The van der Waals surface area contributed by atoms with Crippen molar-refractivity contribution in [3.05, 3.63) is 141 Å². The van der Waals surface area contributed by atoms with Crippen LogP contribution in [-0.4, -0.2) is 129 Å². The van der Waals surface area contributed by atoms with Crippen LogP contribution in [0.25, 0.3) is 11.1 Å². The van der Waals surface area contributed by atoms with Gasteiger partial charge in [0.25, 0.3) is 0 Å². The number of carbonyl (C=O) groups is 2. The molecular formula is C54H58N4O11S. The van der Waals surface area contributed by atoms with Gasteiger partial charge in [0.1, 0.15) is 18.9 Å². The highest BCUT2D eigenvalue weighted by molar-refractivity contribution is 7.99. The summed E-state index contributed by atoms with van der Waals surface area (Å²) in [7, 11) is 5.18. The van der Waals surface area contributed by atoms with Gasteiger partial charge in [0.05, 0.1) is 45.1 Å². The van der Waals surface area contributed by atoms with Crippen molar-refractivity contribution in [3.8, 4) is 28.7 Å². The van der Waals surface area contributed by atoms with E-state index in [1.165, 1.54) is 22.3 Å². The van der Waals surface area contributed by atoms with Gasteiger partial charge in [0.15, 0.2) is 41.2 Å². The first-order valence-corrected chi connectivity index (χ1v) is 24.9. The molecule has 3 saturated heterocycles. The molecule has 6 aliphatic rings. The number of piperazine rings is 1. The number of rotatable bonds is 17. The van der Waals surface area contributed by atoms with Crippen LogP contribution in [-0.2, 0) is 46.2 Å². The molecule has 7 atom stereocenters. The minimum Gasteiger partial charge on any atom is -0.493 e. The van der Waals surface area contributed by atoms with E-state index >= 15 is 0 Å². The van der Waals surface area contributed by atoms with Crippen LogP contribution < -0.4 is 14.8 Å². The van der Waals surface area contributed by atoms with Crippen molar-refractivity contribution < 1.29 is 52.6 Å². The number of hydrogen-bond acceptors (Lipinski definition) is 15. The van der Waals surface area contributed by atoms with E-state index in [0.29, 0.717) is 42.6 Å². The number of fused-ring (bicyclic) bond motifs is 11. The van der Waals surface area contributed by atoms with Gasteiger partial charge < -0.3 is 43.0 Å². The van der Waals surface area contributed by atoms with Crippen molar-refractivity contribution in [2.24, 2.45) is 0 Å². The molecule has 0 spiro atoms. The molecule has 16 heteroatoms. The lowest BCUT2D eigenvalue weighted by Crippen LogP contribution is -2.74. The molecule has 4 aliphatic heterocycles. The lowest BCUT2D eigenvalue weighted by molar-refractivity contribution is -0.153. The van der Waals surface area contributed by atoms with Crippen LogP contribution in [0, 0.1) is 18.3 Å². The predicted molar refractivity (Wildman–Crippen MR) is 260 cm³/mol. The molecule has 10 rings (SSSR count). The summed E-state index contributed by atoms with van der Waals surface area (Å²) in [5.41, 5.74) is 6.85. The smallest absolute Gasteiger partial charge is 0.409 e. The van der Waals surface area contributed by atoms with Gasteiger partial charge in [-0.3, -0.25) is 19.9 Å². The van der Waals surface area contributed by atoms with Gasteiger partial charge in [0.2, 0.25) is 6.79 Å². The number of piperidine rings is 1. The number of thioether (sulfide) groups is 1. The lowest BCUT2D eigenvalue weighted by Gasteiger charge is -2.62. The maximum atomic E-state index is 14.8. The molecule has 70 heavy (non-hydrogen) atoms. The summed E-state index contributed by atoms with van der Waals surface area (Å²) in [5.74, 6) is 2.18. The van der Waals surface area contributed by atoms with Gasteiger partial charge in [0, 0.05) is 59.7 Å². The number of nitriles is 1. The third-order valence-corrected chi connectivity index (χ3v) is 15.8. The number of nitrogens with zero attached hydrogens (tertiary/aromatic N) is 3. The number of ketones is 1. The van der Waals surface area contributed by atoms with E-state index in [-0.39, 0.29) is 67.8 Å². The summed E-state index contributed by atoms with van der Waals surface area (Å²) in [6, 6.07) is 27.9. The molecule has 2 aliphatic carbocycles. The molecular weight excluding hydrogens is 913 g/mol. The monoisotopic (exact) mass is 970 g/mol. The number of Topliss-reactive ketones (excluding diaryl/α,β-unsaturated/α-hetero) is 1. The molecule has 4 aromatic rings. The predicted octanol–water partition coefficient (Wildman–Crippen LogP) is 6.91. The summed E-state index contributed by atoms with van der Waals surface area (Å²) in [6.07, 6.45) is -1.17. The average molecular weight is 971 g/mol.